The molecule has 0 aliphatic heterocycles. The molecule has 0 bridgehead atoms. The minimum absolute atomic E-state index is 0.120. The fraction of sp³-hybridized carbons (Fsp3) is 0.429. The van der Waals surface area contributed by atoms with Crippen LogP contribution in [0.3, 0.4) is 0 Å². The average Bonchev–Trinajstić information content (AvgIpc) is 3.51. The topological polar surface area (TPSA) is 74.8 Å². The number of fused-ring (bicyclic) bond motifs is 1. The van der Waals surface area contributed by atoms with Gasteiger partial charge in [0.2, 0.25) is 0 Å². The summed E-state index contributed by atoms with van der Waals surface area (Å²) in [7, 11) is 4.33. The Morgan fingerprint density at radius 1 is 1.17 bits per heavy atom. The monoisotopic (exact) mass is 487 g/mol. The third-order valence-electron chi connectivity index (χ3n) is 7.41. The number of nitrogens with one attached hydrogen (secondary N) is 1. The Morgan fingerprint density at radius 2 is 2.00 bits per heavy atom. The van der Waals surface area contributed by atoms with E-state index in [0.29, 0.717) is 24.1 Å². The number of Topliss-reactive ketones (excluding diaryl/α,β-unsaturated/α-hetero) is 1. The van der Waals surface area contributed by atoms with Gasteiger partial charge in [-0.2, -0.15) is 5.10 Å². The summed E-state index contributed by atoms with van der Waals surface area (Å²) in [6, 6.07) is 8.74. The van der Waals surface area contributed by atoms with Crippen LogP contribution in [0.2, 0.25) is 0 Å². The summed E-state index contributed by atoms with van der Waals surface area (Å²) in [5, 5.41) is 9.66. The van der Waals surface area contributed by atoms with E-state index in [9.17, 15) is 4.79 Å². The number of nitrogens with zero attached hydrogens (tertiary/aromatic N) is 4. The Labute approximate surface area is 210 Å². The number of aryl methyl sites for hydroxylation is 2. The normalized spacial score (nSPS) is 18.4. The fourth-order valence-electron chi connectivity index (χ4n) is 5.33. The molecule has 1 aliphatic rings. The highest BCUT2D eigenvalue weighted by Gasteiger charge is 2.26. The lowest BCUT2D eigenvalue weighted by molar-refractivity contribution is 0.0959. The Kier molecular flexibility index (Phi) is 6.80. The molecular formula is C28H33N5OS. The van der Waals surface area contributed by atoms with Gasteiger partial charge in [0.1, 0.15) is 16.4 Å². The quantitative estimate of drug-likeness (QED) is 0.303. The molecule has 0 radical (unpaired) electrons. The van der Waals surface area contributed by atoms with E-state index in [4.69, 9.17) is 4.98 Å². The number of hydrogen-bond donors (Lipinski definition) is 1. The van der Waals surface area contributed by atoms with Crippen molar-refractivity contribution >= 4 is 28.0 Å². The summed E-state index contributed by atoms with van der Waals surface area (Å²) in [5.74, 6) is 0.720. The van der Waals surface area contributed by atoms with Gasteiger partial charge in [0.25, 0.3) is 0 Å². The van der Waals surface area contributed by atoms with Crippen molar-refractivity contribution in [2.45, 2.75) is 58.4 Å². The van der Waals surface area contributed by atoms with E-state index in [0.717, 1.165) is 49.6 Å². The maximum atomic E-state index is 13.6. The number of aromatic nitrogens is 4. The van der Waals surface area contributed by atoms with E-state index in [1.165, 1.54) is 25.7 Å². The maximum absolute atomic E-state index is 13.6. The number of carbonyl (C=O) groups is 1. The predicted molar refractivity (Wildman–Crippen MR) is 143 cm³/mol. The van der Waals surface area contributed by atoms with Gasteiger partial charge in [-0.3, -0.25) is 14.9 Å². The highest BCUT2D eigenvalue weighted by atomic mass is 32.1. The van der Waals surface area contributed by atoms with Crippen molar-refractivity contribution in [1.29, 1.82) is 0 Å². The summed E-state index contributed by atoms with van der Waals surface area (Å²) < 4.78 is 0. The molecule has 1 unspecified atom stereocenters. The molecule has 1 N–H and O–H groups in total. The van der Waals surface area contributed by atoms with Crippen molar-refractivity contribution in [3.05, 3.63) is 53.5 Å². The maximum Gasteiger partial charge on any atom is 0.182 e. The van der Waals surface area contributed by atoms with E-state index in [-0.39, 0.29) is 5.78 Å². The number of benzene rings is 1. The predicted octanol–water partition coefficient (Wildman–Crippen LogP) is 6.45. The van der Waals surface area contributed by atoms with Crippen LogP contribution in [0.1, 0.15) is 60.1 Å². The van der Waals surface area contributed by atoms with Crippen LogP contribution in [0.5, 0.6) is 0 Å². The lowest BCUT2D eigenvalue weighted by Crippen LogP contribution is -2.33. The number of ketones is 1. The summed E-state index contributed by atoms with van der Waals surface area (Å²) in [6.45, 7) is 4.16. The number of pyridine rings is 1. The van der Waals surface area contributed by atoms with Crippen molar-refractivity contribution in [2.75, 3.05) is 14.1 Å². The van der Waals surface area contributed by atoms with Crippen molar-refractivity contribution < 1.29 is 4.79 Å². The summed E-state index contributed by atoms with van der Waals surface area (Å²) >= 11 is 1.54. The first-order chi connectivity index (χ1) is 16.9. The summed E-state index contributed by atoms with van der Waals surface area (Å²) in [6.07, 6.45) is 9.93. The van der Waals surface area contributed by atoms with Gasteiger partial charge in [-0.25, -0.2) is 4.98 Å². The van der Waals surface area contributed by atoms with Gasteiger partial charge < -0.3 is 4.90 Å². The lowest BCUT2D eigenvalue weighted by Gasteiger charge is -2.33. The van der Waals surface area contributed by atoms with Crippen LogP contribution in [0.4, 0.5) is 0 Å². The molecule has 1 fully saturated rings. The lowest BCUT2D eigenvalue weighted by atomic mass is 9.82. The zero-order valence-corrected chi connectivity index (χ0v) is 21.8. The number of aromatic amines is 1. The van der Waals surface area contributed by atoms with Crippen LogP contribution in [0, 0.1) is 19.8 Å². The highest BCUT2D eigenvalue weighted by Crippen LogP contribution is 2.39. The minimum atomic E-state index is 0.120. The fourth-order valence-corrected chi connectivity index (χ4v) is 6.41. The molecule has 3 aromatic heterocycles. The smallest absolute Gasteiger partial charge is 0.182 e. The standard InChI is InChI=1S/C28H33N5OS/c1-17-10-11-18(2)24-23(17)26(32-31-24)28-30-25(27(35-28)20-8-6-14-29-16-20)22(34)13-12-19-7-5-9-21(15-19)33(3)4/h6,8,10-11,14,16,19,21H,5,7,9,12-13,15H2,1-4H3,(H,31,32)/t19?,21-/m0/s1. The van der Waals surface area contributed by atoms with Crippen molar-refractivity contribution in [1.82, 2.24) is 25.1 Å². The molecule has 4 aromatic rings. The molecule has 1 aromatic carbocycles. The Bertz CT molecular complexity index is 1340. The van der Waals surface area contributed by atoms with Gasteiger partial charge in [-0.05, 0) is 70.3 Å². The molecule has 2 atom stereocenters. The van der Waals surface area contributed by atoms with E-state index >= 15 is 0 Å². The van der Waals surface area contributed by atoms with Crippen LogP contribution in [-0.4, -0.2) is 51.0 Å². The largest absolute Gasteiger partial charge is 0.306 e. The van der Waals surface area contributed by atoms with Crippen molar-refractivity contribution in [3.8, 4) is 21.1 Å². The van der Waals surface area contributed by atoms with Crippen LogP contribution < -0.4 is 0 Å². The first kappa shape index (κ1) is 23.8. The molecule has 7 heteroatoms. The average molecular weight is 488 g/mol. The van der Waals surface area contributed by atoms with E-state index < -0.39 is 0 Å². The molecule has 0 amide bonds. The molecule has 5 rings (SSSR count). The van der Waals surface area contributed by atoms with Crippen molar-refractivity contribution in [2.24, 2.45) is 5.92 Å². The molecule has 1 aliphatic carbocycles. The van der Waals surface area contributed by atoms with Crippen LogP contribution in [-0.2, 0) is 0 Å². The SMILES string of the molecule is Cc1ccc(C)c2c(-c3nc(C(=O)CCC4CCC[C@H](N(C)C)C4)c(-c4cccnc4)s3)[nH]nc12. The molecule has 35 heavy (non-hydrogen) atoms. The first-order valence-corrected chi connectivity index (χ1v) is 13.3. The number of thiazole rings is 1. The zero-order valence-electron chi connectivity index (χ0n) is 21.0. The third kappa shape index (κ3) is 4.80. The second-order valence-corrected chi connectivity index (χ2v) is 11.1. The number of rotatable bonds is 7. The van der Waals surface area contributed by atoms with Gasteiger partial charge in [0, 0.05) is 35.8 Å². The van der Waals surface area contributed by atoms with Gasteiger partial charge in [0.15, 0.2) is 5.78 Å². The number of carbonyl (C=O) groups excluding carboxylic acids is 1. The molecule has 6 nitrogen and oxygen atoms in total. The van der Waals surface area contributed by atoms with E-state index in [2.05, 4.69) is 60.2 Å². The second-order valence-electron chi connectivity index (χ2n) is 10.1. The second kappa shape index (κ2) is 9.99. The Hall–Kier alpha value is -2.90. The van der Waals surface area contributed by atoms with Gasteiger partial charge in [-0.1, -0.05) is 31.0 Å². The molecule has 3 heterocycles. The van der Waals surface area contributed by atoms with Gasteiger partial charge in [-0.15, -0.1) is 11.3 Å². The molecule has 1 saturated carbocycles. The minimum Gasteiger partial charge on any atom is -0.306 e. The van der Waals surface area contributed by atoms with Crippen LogP contribution in [0.25, 0.3) is 32.0 Å². The number of H-pyrrole nitrogens is 1. The Balaban J connectivity index is 1.47. The highest BCUT2D eigenvalue weighted by molar-refractivity contribution is 7.18. The van der Waals surface area contributed by atoms with Crippen LogP contribution >= 0.6 is 11.3 Å². The zero-order chi connectivity index (χ0) is 24.5. The van der Waals surface area contributed by atoms with E-state index in [1.54, 1.807) is 17.5 Å². The molecule has 0 spiro atoms. The molecule has 182 valence electrons. The Morgan fingerprint density at radius 3 is 2.77 bits per heavy atom. The number of hydrogen-bond acceptors (Lipinski definition) is 6. The van der Waals surface area contributed by atoms with Gasteiger partial charge in [0.05, 0.1) is 10.4 Å². The van der Waals surface area contributed by atoms with Crippen molar-refractivity contribution in [3.63, 3.8) is 0 Å². The summed E-state index contributed by atoms with van der Waals surface area (Å²) in [4.78, 5) is 26.0. The van der Waals surface area contributed by atoms with Gasteiger partial charge >= 0.3 is 0 Å². The third-order valence-corrected chi connectivity index (χ3v) is 8.53. The van der Waals surface area contributed by atoms with E-state index in [1.807, 2.05) is 18.3 Å². The molecule has 0 saturated heterocycles. The van der Waals surface area contributed by atoms with Crippen LogP contribution in [0.15, 0.2) is 36.7 Å². The first-order valence-electron chi connectivity index (χ1n) is 12.5. The summed E-state index contributed by atoms with van der Waals surface area (Å²) in [5.41, 5.74) is 5.60. The molecular weight excluding hydrogens is 454 g/mol.